The lowest BCUT2D eigenvalue weighted by Gasteiger charge is -2.26. The van der Waals surface area contributed by atoms with Gasteiger partial charge >= 0.3 is 0 Å². The maximum atomic E-state index is 12.4. The Morgan fingerprint density at radius 2 is 2.22 bits per heavy atom. The topological polar surface area (TPSA) is 49.0 Å². The largest absolute Gasteiger partial charge is 0.337 e. The first-order valence-electron chi connectivity index (χ1n) is 5.80. The second kappa shape index (κ2) is 5.16. The van der Waals surface area contributed by atoms with Crippen LogP contribution < -0.4 is 0 Å². The van der Waals surface area contributed by atoms with E-state index in [1.807, 2.05) is 34.2 Å². The van der Waals surface area contributed by atoms with Crippen molar-refractivity contribution in [2.75, 3.05) is 24.6 Å². The summed E-state index contributed by atoms with van der Waals surface area (Å²) < 4.78 is 0. The lowest BCUT2D eigenvalue weighted by Crippen LogP contribution is -2.37. The molecule has 94 valence electrons. The van der Waals surface area contributed by atoms with Gasteiger partial charge in [0.25, 0.3) is 5.91 Å². The van der Waals surface area contributed by atoms with Crippen molar-refractivity contribution in [2.45, 2.75) is 0 Å². The Kier molecular flexibility index (Phi) is 3.38. The Labute approximate surface area is 113 Å². The van der Waals surface area contributed by atoms with Crippen LogP contribution >= 0.6 is 23.1 Å². The molecule has 6 heteroatoms. The minimum absolute atomic E-state index is 0.0902. The molecule has 1 N–H and O–H groups in total. The molecule has 2 aromatic heterocycles. The fraction of sp³-hybridized carbons (Fsp3) is 0.333. The molecule has 2 aromatic rings. The van der Waals surface area contributed by atoms with Gasteiger partial charge in [-0.05, 0) is 11.4 Å². The molecule has 4 nitrogen and oxygen atoms in total. The third kappa shape index (κ3) is 2.18. The number of thioether (sulfide) groups is 1. The number of rotatable bonds is 2. The number of H-pyrrole nitrogens is 1. The average Bonchev–Trinajstić information content (AvgIpc) is 3.09. The highest BCUT2D eigenvalue weighted by Crippen LogP contribution is 2.27. The van der Waals surface area contributed by atoms with Crippen LogP contribution in [0.15, 0.2) is 23.7 Å². The number of hydrogen-bond donors (Lipinski definition) is 1. The highest BCUT2D eigenvalue weighted by molar-refractivity contribution is 7.99. The second-order valence-electron chi connectivity index (χ2n) is 4.04. The van der Waals surface area contributed by atoms with Gasteiger partial charge in [-0.3, -0.25) is 9.89 Å². The zero-order chi connectivity index (χ0) is 12.4. The predicted molar refractivity (Wildman–Crippen MR) is 75.1 cm³/mol. The van der Waals surface area contributed by atoms with E-state index in [-0.39, 0.29) is 5.91 Å². The van der Waals surface area contributed by atoms with Crippen molar-refractivity contribution in [1.29, 1.82) is 0 Å². The van der Waals surface area contributed by atoms with Crippen molar-refractivity contribution >= 4 is 29.0 Å². The Balaban J connectivity index is 1.88. The lowest BCUT2D eigenvalue weighted by atomic mass is 10.2. The number of hydrogen-bond acceptors (Lipinski definition) is 4. The van der Waals surface area contributed by atoms with Crippen molar-refractivity contribution in [1.82, 2.24) is 15.1 Å². The maximum Gasteiger partial charge on any atom is 0.257 e. The molecular formula is C12H13N3OS2. The van der Waals surface area contributed by atoms with Crippen LogP contribution in [0.3, 0.4) is 0 Å². The number of amides is 1. The molecule has 0 bridgehead atoms. The Bertz CT molecular complexity index is 529. The van der Waals surface area contributed by atoms with Crippen LogP contribution in [0.4, 0.5) is 0 Å². The van der Waals surface area contributed by atoms with Crippen molar-refractivity contribution < 1.29 is 4.79 Å². The molecule has 0 radical (unpaired) electrons. The van der Waals surface area contributed by atoms with E-state index in [9.17, 15) is 4.79 Å². The summed E-state index contributed by atoms with van der Waals surface area (Å²) in [6.45, 7) is 1.66. The van der Waals surface area contributed by atoms with Crippen LogP contribution in [0.5, 0.6) is 0 Å². The SMILES string of the molecule is O=C(c1cn[nH]c1-c1cccs1)N1CCSCC1. The van der Waals surface area contributed by atoms with Gasteiger partial charge in [-0.2, -0.15) is 16.9 Å². The number of thiophene rings is 1. The summed E-state index contributed by atoms with van der Waals surface area (Å²) in [5.41, 5.74) is 1.53. The molecule has 0 unspecified atom stereocenters. The molecule has 1 fully saturated rings. The number of aromatic amines is 1. The summed E-state index contributed by atoms with van der Waals surface area (Å²) in [6, 6.07) is 3.98. The monoisotopic (exact) mass is 279 g/mol. The van der Waals surface area contributed by atoms with Gasteiger partial charge in [0.15, 0.2) is 0 Å². The standard InChI is InChI=1S/C12H13N3OS2/c16-12(15-3-6-17-7-4-15)9-8-13-14-11(9)10-2-1-5-18-10/h1-2,5,8H,3-4,6-7H2,(H,13,14). The summed E-state index contributed by atoms with van der Waals surface area (Å²) in [4.78, 5) is 15.4. The molecule has 3 heterocycles. The molecule has 0 saturated carbocycles. The van der Waals surface area contributed by atoms with E-state index in [4.69, 9.17) is 0 Å². The van der Waals surface area contributed by atoms with Gasteiger partial charge in [0, 0.05) is 24.6 Å². The molecule has 1 saturated heterocycles. The first kappa shape index (κ1) is 11.8. The molecule has 0 aliphatic carbocycles. The highest BCUT2D eigenvalue weighted by Gasteiger charge is 2.23. The smallest absolute Gasteiger partial charge is 0.257 e. The normalized spacial score (nSPS) is 15.9. The second-order valence-corrected chi connectivity index (χ2v) is 6.21. The molecule has 0 aromatic carbocycles. The summed E-state index contributed by atoms with van der Waals surface area (Å²) in [6.07, 6.45) is 1.64. The number of carbonyl (C=O) groups is 1. The van der Waals surface area contributed by atoms with Crippen molar-refractivity contribution in [2.24, 2.45) is 0 Å². The summed E-state index contributed by atoms with van der Waals surface area (Å²) in [5.74, 6) is 2.14. The lowest BCUT2D eigenvalue weighted by molar-refractivity contribution is 0.0773. The van der Waals surface area contributed by atoms with E-state index in [0.717, 1.165) is 35.2 Å². The number of nitrogens with zero attached hydrogens (tertiary/aromatic N) is 2. The van der Waals surface area contributed by atoms with Crippen LogP contribution in [0.25, 0.3) is 10.6 Å². The quantitative estimate of drug-likeness (QED) is 0.918. The van der Waals surface area contributed by atoms with Crippen LogP contribution in [-0.4, -0.2) is 45.6 Å². The molecule has 0 spiro atoms. The molecule has 3 rings (SSSR count). The molecule has 1 amide bonds. The third-order valence-corrected chi connectivity index (χ3v) is 4.77. The van der Waals surface area contributed by atoms with Crippen LogP contribution in [0.1, 0.15) is 10.4 Å². The summed E-state index contributed by atoms with van der Waals surface area (Å²) in [7, 11) is 0. The number of aromatic nitrogens is 2. The maximum absolute atomic E-state index is 12.4. The molecular weight excluding hydrogens is 266 g/mol. The fourth-order valence-electron chi connectivity index (χ4n) is 1.99. The van der Waals surface area contributed by atoms with Gasteiger partial charge in [0.2, 0.25) is 0 Å². The van der Waals surface area contributed by atoms with E-state index in [0.29, 0.717) is 5.56 Å². The molecule has 1 aliphatic heterocycles. The minimum atomic E-state index is 0.0902. The number of carbonyl (C=O) groups excluding carboxylic acids is 1. The van der Waals surface area contributed by atoms with E-state index >= 15 is 0 Å². The summed E-state index contributed by atoms with van der Waals surface area (Å²) >= 11 is 3.51. The van der Waals surface area contributed by atoms with E-state index in [1.54, 1.807) is 17.5 Å². The van der Waals surface area contributed by atoms with Gasteiger partial charge in [-0.25, -0.2) is 0 Å². The van der Waals surface area contributed by atoms with E-state index < -0.39 is 0 Å². The fourth-order valence-corrected chi connectivity index (χ4v) is 3.63. The van der Waals surface area contributed by atoms with Gasteiger partial charge in [0.05, 0.1) is 22.3 Å². The van der Waals surface area contributed by atoms with Gasteiger partial charge < -0.3 is 4.90 Å². The van der Waals surface area contributed by atoms with Crippen molar-refractivity contribution in [3.05, 3.63) is 29.3 Å². The third-order valence-electron chi connectivity index (χ3n) is 2.94. The predicted octanol–water partition coefficient (Wildman–Crippen LogP) is 2.33. The van der Waals surface area contributed by atoms with Crippen LogP contribution in [0, 0.1) is 0 Å². The minimum Gasteiger partial charge on any atom is -0.337 e. The van der Waals surface area contributed by atoms with Crippen LogP contribution in [0.2, 0.25) is 0 Å². The zero-order valence-electron chi connectivity index (χ0n) is 9.76. The number of nitrogens with one attached hydrogen (secondary N) is 1. The first-order chi connectivity index (χ1) is 8.86. The van der Waals surface area contributed by atoms with E-state index in [2.05, 4.69) is 10.2 Å². The highest BCUT2D eigenvalue weighted by atomic mass is 32.2. The Morgan fingerprint density at radius 3 is 2.94 bits per heavy atom. The van der Waals surface area contributed by atoms with E-state index in [1.165, 1.54) is 0 Å². The Morgan fingerprint density at radius 1 is 1.39 bits per heavy atom. The van der Waals surface area contributed by atoms with Gasteiger partial charge in [0.1, 0.15) is 0 Å². The first-order valence-corrected chi connectivity index (χ1v) is 7.84. The van der Waals surface area contributed by atoms with Gasteiger partial charge in [-0.1, -0.05) is 6.07 Å². The molecule has 1 aliphatic rings. The molecule has 18 heavy (non-hydrogen) atoms. The molecule has 0 atom stereocenters. The van der Waals surface area contributed by atoms with Gasteiger partial charge in [-0.15, -0.1) is 11.3 Å². The van der Waals surface area contributed by atoms with Crippen LogP contribution in [-0.2, 0) is 0 Å². The summed E-state index contributed by atoms with van der Waals surface area (Å²) in [5, 5.41) is 8.96. The zero-order valence-corrected chi connectivity index (χ0v) is 11.4. The van der Waals surface area contributed by atoms with Crippen molar-refractivity contribution in [3.8, 4) is 10.6 Å². The van der Waals surface area contributed by atoms with Crippen molar-refractivity contribution in [3.63, 3.8) is 0 Å². The Hall–Kier alpha value is -1.27. The average molecular weight is 279 g/mol.